The van der Waals surface area contributed by atoms with Crippen LogP contribution < -0.4 is 15.0 Å². The molecule has 0 bridgehead atoms. The number of nitrogens with zero attached hydrogens (tertiary/aromatic N) is 3. The zero-order chi connectivity index (χ0) is 28.2. The van der Waals surface area contributed by atoms with E-state index in [9.17, 15) is 9.59 Å². The lowest BCUT2D eigenvalue weighted by Crippen LogP contribution is -2.44. The van der Waals surface area contributed by atoms with Gasteiger partial charge in [0.15, 0.2) is 0 Å². The summed E-state index contributed by atoms with van der Waals surface area (Å²) in [6.07, 6.45) is 0.762. The molecule has 0 saturated heterocycles. The van der Waals surface area contributed by atoms with Crippen molar-refractivity contribution in [2.24, 2.45) is 0 Å². The number of ether oxygens (including phenoxy) is 1. The van der Waals surface area contributed by atoms with E-state index < -0.39 is 5.25 Å². The van der Waals surface area contributed by atoms with Crippen LogP contribution in [-0.2, 0) is 9.59 Å². The quantitative estimate of drug-likeness (QED) is 0.297. The normalized spacial score (nSPS) is 15.8. The molecular formula is C31H31FN4O3S. The van der Waals surface area contributed by atoms with Crippen LogP contribution in [0.2, 0.25) is 0 Å². The molecule has 40 heavy (non-hydrogen) atoms. The SMILES string of the molecule is CCC(C)NC(=O)CN1C(=O)CSC(c2ccccc2F)c2c(-c3ccccc3)nn(-c3ccc(OC)cc3)c21. The topological polar surface area (TPSA) is 76.5 Å². The molecule has 206 valence electrons. The average molecular weight is 559 g/mol. The first kappa shape index (κ1) is 27.5. The third-order valence-corrected chi connectivity index (χ3v) is 8.20. The largest absolute Gasteiger partial charge is 0.497 e. The van der Waals surface area contributed by atoms with Gasteiger partial charge in [-0.3, -0.25) is 14.5 Å². The van der Waals surface area contributed by atoms with Crippen molar-refractivity contribution in [2.45, 2.75) is 31.6 Å². The van der Waals surface area contributed by atoms with Crippen molar-refractivity contribution < 1.29 is 18.7 Å². The minimum absolute atomic E-state index is 0.0408. The number of benzene rings is 3. The standard InChI is InChI=1S/C31H31FN4O3S/c1-4-20(2)33-26(37)18-35-27(38)19-40-30(24-12-8-9-13-25(24)32)28-29(21-10-6-5-7-11-21)34-36(31(28)35)22-14-16-23(39-3)17-15-22/h5-17,20,30H,4,18-19H2,1-3H3,(H,33,37). The Bertz CT molecular complexity index is 1510. The van der Waals surface area contributed by atoms with Gasteiger partial charge in [-0.2, -0.15) is 5.10 Å². The lowest BCUT2D eigenvalue weighted by atomic mass is 9.99. The number of anilines is 1. The van der Waals surface area contributed by atoms with Crippen LogP contribution in [-0.4, -0.2) is 47.0 Å². The second kappa shape index (κ2) is 12.0. The highest BCUT2D eigenvalue weighted by Gasteiger charge is 2.38. The van der Waals surface area contributed by atoms with Crippen LogP contribution in [0.25, 0.3) is 16.9 Å². The Hall–Kier alpha value is -4.11. The second-order valence-corrected chi connectivity index (χ2v) is 10.7. The molecule has 3 aromatic carbocycles. The first-order valence-corrected chi connectivity index (χ1v) is 14.2. The van der Waals surface area contributed by atoms with Crippen molar-refractivity contribution in [3.63, 3.8) is 0 Å². The molecule has 1 aromatic heterocycles. The molecular weight excluding hydrogens is 527 g/mol. The van der Waals surface area contributed by atoms with Crippen molar-refractivity contribution in [1.29, 1.82) is 0 Å². The van der Waals surface area contributed by atoms with E-state index in [1.165, 1.54) is 22.7 Å². The molecule has 2 unspecified atom stereocenters. The van der Waals surface area contributed by atoms with Gasteiger partial charge in [0.05, 0.1) is 29.5 Å². The fourth-order valence-corrected chi connectivity index (χ4v) is 5.95. The summed E-state index contributed by atoms with van der Waals surface area (Å²) in [7, 11) is 1.59. The lowest BCUT2D eigenvalue weighted by molar-refractivity contribution is -0.123. The monoisotopic (exact) mass is 558 g/mol. The maximum Gasteiger partial charge on any atom is 0.240 e. The number of fused-ring (bicyclic) bond motifs is 1. The number of aromatic nitrogens is 2. The second-order valence-electron chi connectivity index (χ2n) is 9.63. The third-order valence-electron chi connectivity index (χ3n) is 6.96. The van der Waals surface area contributed by atoms with E-state index in [1.54, 1.807) is 30.0 Å². The molecule has 1 aliphatic rings. The van der Waals surface area contributed by atoms with Crippen LogP contribution in [0.1, 0.15) is 36.6 Å². The van der Waals surface area contributed by atoms with Gasteiger partial charge in [0.25, 0.3) is 0 Å². The number of rotatable bonds is 8. The molecule has 0 fully saturated rings. The fraction of sp³-hybridized carbons (Fsp3) is 0.258. The summed E-state index contributed by atoms with van der Waals surface area (Å²) in [6, 6.07) is 23.5. The smallest absolute Gasteiger partial charge is 0.240 e. The van der Waals surface area contributed by atoms with Crippen LogP contribution in [0, 0.1) is 5.82 Å². The van der Waals surface area contributed by atoms with E-state index in [0.717, 1.165) is 12.0 Å². The molecule has 0 radical (unpaired) electrons. The van der Waals surface area contributed by atoms with Crippen molar-refractivity contribution in [3.05, 3.63) is 95.8 Å². The van der Waals surface area contributed by atoms with Crippen molar-refractivity contribution in [2.75, 3.05) is 24.3 Å². The molecule has 0 aliphatic carbocycles. The molecule has 5 rings (SSSR count). The first-order chi connectivity index (χ1) is 19.4. The summed E-state index contributed by atoms with van der Waals surface area (Å²) < 4.78 is 22.4. The number of carbonyl (C=O) groups excluding carboxylic acids is 2. The molecule has 2 amide bonds. The van der Waals surface area contributed by atoms with E-state index >= 15 is 4.39 Å². The van der Waals surface area contributed by atoms with Crippen molar-refractivity contribution in [3.8, 4) is 22.7 Å². The molecule has 9 heteroatoms. The Labute approximate surface area is 237 Å². The maximum atomic E-state index is 15.3. The number of amides is 2. The summed E-state index contributed by atoms with van der Waals surface area (Å²) in [4.78, 5) is 28.4. The Kier molecular flexibility index (Phi) is 8.21. The van der Waals surface area contributed by atoms with Crippen LogP contribution in [0.15, 0.2) is 78.9 Å². The summed E-state index contributed by atoms with van der Waals surface area (Å²) in [5, 5.41) is 7.45. The van der Waals surface area contributed by atoms with Crippen LogP contribution in [0.5, 0.6) is 5.75 Å². The van der Waals surface area contributed by atoms with Crippen molar-refractivity contribution >= 4 is 29.4 Å². The number of hydrogen-bond donors (Lipinski definition) is 1. The van der Waals surface area contributed by atoms with Gasteiger partial charge in [0, 0.05) is 22.7 Å². The number of methoxy groups -OCH3 is 1. The van der Waals surface area contributed by atoms with Gasteiger partial charge in [-0.15, -0.1) is 11.8 Å². The van der Waals surface area contributed by atoms with Gasteiger partial charge < -0.3 is 10.1 Å². The number of hydrogen-bond acceptors (Lipinski definition) is 5. The zero-order valence-electron chi connectivity index (χ0n) is 22.6. The molecule has 4 aromatic rings. The molecule has 0 spiro atoms. The van der Waals surface area contributed by atoms with Gasteiger partial charge in [-0.1, -0.05) is 55.5 Å². The van der Waals surface area contributed by atoms with Gasteiger partial charge in [0.1, 0.15) is 23.9 Å². The molecule has 1 N–H and O–H groups in total. The summed E-state index contributed by atoms with van der Waals surface area (Å²) in [6.45, 7) is 3.73. The maximum absolute atomic E-state index is 15.3. The van der Waals surface area contributed by atoms with E-state index in [1.807, 2.05) is 68.4 Å². The summed E-state index contributed by atoms with van der Waals surface area (Å²) >= 11 is 1.34. The highest BCUT2D eigenvalue weighted by molar-refractivity contribution is 8.00. The predicted molar refractivity (Wildman–Crippen MR) is 157 cm³/mol. The summed E-state index contributed by atoms with van der Waals surface area (Å²) in [5.74, 6) is 0.307. The van der Waals surface area contributed by atoms with E-state index in [-0.39, 0.29) is 36.0 Å². The Morgan fingerprint density at radius 2 is 1.80 bits per heavy atom. The average Bonchev–Trinajstić information content (AvgIpc) is 3.31. The first-order valence-electron chi connectivity index (χ1n) is 13.2. The zero-order valence-corrected chi connectivity index (χ0v) is 23.5. The number of nitrogens with one attached hydrogen (secondary N) is 1. The molecule has 2 heterocycles. The van der Waals surface area contributed by atoms with E-state index in [0.29, 0.717) is 34.1 Å². The van der Waals surface area contributed by atoms with E-state index in [4.69, 9.17) is 9.84 Å². The van der Waals surface area contributed by atoms with Gasteiger partial charge >= 0.3 is 0 Å². The Morgan fingerprint density at radius 1 is 1.10 bits per heavy atom. The van der Waals surface area contributed by atoms with Gasteiger partial charge in [-0.05, 0) is 43.7 Å². The number of thioether (sulfide) groups is 1. The fourth-order valence-electron chi connectivity index (χ4n) is 4.73. The van der Waals surface area contributed by atoms with Gasteiger partial charge in [0.2, 0.25) is 11.8 Å². The molecule has 2 atom stereocenters. The Morgan fingerprint density at radius 3 is 2.48 bits per heavy atom. The highest BCUT2D eigenvalue weighted by atomic mass is 32.2. The molecule has 7 nitrogen and oxygen atoms in total. The van der Waals surface area contributed by atoms with Gasteiger partial charge in [-0.25, -0.2) is 9.07 Å². The van der Waals surface area contributed by atoms with Crippen LogP contribution >= 0.6 is 11.8 Å². The number of carbonyl (C=O) groups is 2. The van der Waals surface area contributed by atoms with Crippen LogP contribution in [0.4, 0.5) is 10.2 Å². The Balaban J connectivity index is 1.78. The lowest BCUT2D eigenvalue weighted by Gasteiger charge is -2.24. The van der Waals surface area contributed by atoms with Crippen LogP contribution in [0.3, 0.4) is 0 Å². The number of halogens is 1. The third kappa shape index (κ3) is 5.47. The highest BCUT2D eigenvalue weighted by Crippen LogP contribution is 2.49. The predicted octanol–water partition coefficient (Wildman–Crippen LogP) is 5.77. The van der Waals surface area contributed by atoms with Crippen molar-refractivity contribution in [1.82, 2.24) is 15.1 Å². The minimum atomic E-state index is -0.537. The van der Waals surface area contributed by atoms with E-state index in [2.05, 4.69) is 5.32 Å². The molecule has 0 saturated carbocycles. The summed E-state index contributed by atoms with van der Waals surface area (Å²) in [5.41, 5.74) is 3.26. The minimum Gasteiger partial charge on any atom is -0.497 e. The molecule has 1 aliphatic heterocycles.